The second-order valence-corrected chi connectivity index (χ2v) is 8.14. The minimum atomic E-state index is 0.0295. The lowest BCUT2D eigenvalue weighted by atomic mass is 9.93. The molecule has 3 fully saturated rings. The van der Waals surface area contributed by atoms with E-state index in [1.807, 2.05) is 22.8 Å². The third-order valence-corrected chi connectivity index (χ3v) is 6.37. The van der Waals surface area contributed by atoms with Crippen LogP contribution < -0.4 is 0 Å². The van der Waals surface area contributed by atoms with Crippen molar-refractivity contribution < 1.29 is 14.1 Å². The van der Waals surface area contributed by atoms with E-state index in [-0.39, 0.29) is 23.8 Å². The lowest BCUT2D eigenvalue weighted by molar-refractivity contribution is -0.143. The molecule has 0 spiro atoms. The van der Waals surface area contributed by atoms with Crippen LogP contribution in [0.2, 0.25) is 0 Å². The molecule has 1 aliphatic carbocycles. The van der Waals surface area contributed by atoms with E-state index < -0.39 is 0 Å². The summed E-state index contributed by atoms with van der Waals surface area (Å²) >= 11 is 0. The minimum Gasteiger partial charge on any atom is -0.359 e. The number of hydrogen-bond donors (Lipinski definition) is 0. The summed E-state index contributed by atoms with van der Waals surface area (Å²) in [4.78, 5) is 29.7. The van der Waals surface area contributed by atoms with Crippen molar-refractivity contribution in [2.24, 2.45) is 11.8 Å². The summed E-state index contributed by atoms with van der Waals surface area (Å²) in [6.45, 7) is 4.16. The van der Waals surface area contributed by atoms with E-state index in [1.54, 1.807) is 0 Å². The third-order valence-electron chi connectivity index (χ3n) is 6.37. The molecule has 142 valence electrons. The van der Waals surface area contributed by atoms with Gasteiger partial charge in [0.15, 0.2) is 5.76 Å². The normalized spacial score (nSPS) is 25.2. The van der Waals surface area contributed by atoms with Crippen LogP contribution in [0.25, 0.3) is 0 Å². The van der Waals surface area contributed by atoms with Crippen LogP contribution in [0.5, 0.6) is 0 Å². The highest BCUT2D eigenvalue weighted by atomic mass is 16.5. The van der Waals surface area contributed by atoms with Crippen LogP contribution >= 0.6 is 0 Å². The molecular weight excluding hydrogens is 330 g/mol. The summed E-state index contributed by atoms with van der Waals surface area (Å²) < 4.78 is 5.42. The first-order valence-electron chi connectivity index (χ1n) is 10.2. The van der Waals surface area contributed by atoms with Crippen molar-refractivity contribution in [3.8, 4) is 0 Å². The Morgan fingerprint density at radius 1 is 0.962 bits per heavy atom. The molecule has 2 amide bonds. The fourth-order valence-corrected chi connectivity index (χ4v) is 4.88. The molecule has 3 aliphatic rings. The maximum absolute atomic E-state index is 13.1. The van der Waals surface area contributed by atoms with Gasteiger partial charge in [0.25, 0.3) is 0 Å². The first-order valence-corrected chi connectivity index (χ1v) is 10.2. The number of likely N-dealkylation sites (tertiary alicyclic amines) is 2. The number of piperidine rings is 1. The zero-order valence-electron chi connectivity index (χ0n) is 15.7. The summed E-state index contributed by atoms with van der Waals surface area (Å²) in [5.74, 6) is 1.63. The fourth-order valence-electron chi connectivity index (χ4n) is 4.88. The molecule has 0 bridgehead atoms. The maximum atomic E-state index is 13.1. The van der Waals surface area contributed by atoms with Crippen molar-refractivity contribution in [3.05, 3.63) is 17.5 Å². The van der Waals surface area contributed by atoms with Crippen LogP contribution in [0.4, 0.5) is 0 Å². The van der Waals surface area contributed by atoms with Gasteiger partial charge in [0.05, 0.1) is 11.7 Å². The van der Waals surface area contributed by atoms with Crippen molar-refractivity contribution in [3.63, 3.8) is 0 Å². The van der Waals surface area contributed by atoms with E-state index in [1.165, 1.54) is 12.8 Å². The molecule has 0 aromatic carbocycles. The number of rotatable bonds is 3. The highest BCUT2D eigenvalue weighted by Crippen LogP contribution is 2.35. The Balaban J connectivity index is 1.35. The van der Waals surface area contributed by atoms with E-state index in [2.05, 4.69) is 5.16 Å². The van der Waals surface area contributed by atoms with Gasteiger partial charge in [-0.1, -0.05) is 18.0 Å². The summed E-state index contributed by atoms with van der Waals surface area (Å²) in [7, 11) is 0. The SMILES string of the molecule is Cc1cc(C2CCCN2C(=O)C2CCN(C(=O)C3CCCC3)CC2)on1. The standard InChI is InChI=1S/C20H29N3O3/c1-14-13-18(26-21-14)17-7-4-10-23(17)20(25)16-8-11-22(12-9-16)19(24)15-5-2-3-6-15/h13,15-17H,2-12H2,1H3. The summed E-state index contributed by atoms with van der Waals surface area (Å²) in [6, 6.07) is 1.97. The molecule has 26 heavy (non-hydrogen) atoms. The predicted molar refractivity (Wildman–Crippen MR) is 96.2 cm³/mol. The number of hydrogen-bond acceptors (Lipinski definition) is 4. The number of amides is 2. The Hall–Kier alpha value is -1.85. The first-order chi connectivity index (χ1) is 12.6. The molecule has 1 aromatic heterocycles. The van der Waals surface area contributed by atoms with E-state index in [0.717, 1.165) is 69.6 Å². The highest BCUT2D eigenvalue weighted by molar-refractivity contribution is 5.81. The molecule has 1 aromatic rings. The van der Waals surface area contributed by atoms with E-state index in [4.69, 9.17) is 4.52 Å². The van der Waals surface area contributed by atoms with Crippen LogP contribution in [-0.2, 0) is 9.59 Å². The second-order valence-electron chi connectivity index (χ2n) is 8.14. The fraction of sp³-hybridized carbons (Fsp3) is 0.750. The van der Waals surface area contributed by atoms with Crippen molar-refractivity contribution in [1.29, 1.82) is 0 Å². The van der Waals surface area contributed by atoms with Gasteiger partial charge in [-0.15, -0.1) is 0 Å². The van der Waals surface area contributed by atoms with Crippen LogP contribution in [0.15, 0.2) is 10.6 Å². The average Bonchev–Trinajstić information content (AvgIpc) is 3.41. The van der Waals surface area contributed by atoms with Gasteiger partial charge in [0, 0.05) is 37.5 Å². The monoisotopic (exact) mass is 359 g/mol. The molecule has 1 atom stereocenters. The molecule has 3 heterocycles. The number of nitrogens with zero attached hydrogens (tertiary/aromatic N) is 3. The van der Waals surface area contributed by atoms with Crippen LogP contribution in [-0.4, -0.2) is 46.4 Å². The highest BCUT2D eigenvalue weighted by Gasteiger charge is 2.38. The van der Waals surface area contributed by atoms with Gasteiger partial charge in [-0.05, 0) is 45.4 Å². The number of carbonyl (C=O) groups excluding carboxylic acids is 2. The molecule has 6 heteroatoms. The van der Waals surface area contributed by atoms with Gasteiger partial charge >= 0.3 is 0 Å². The number of aryl methyl sites for hydroxylation is 1. The van der Waals surface area contributed by atoms with Crippen molar-refractivity contribution >= 4 is 11.8 Å². The van der Waals surface area contributed by atoms with Crippen molar-refractivity contribution in [2.75, 3.05) is 19.6 Å². The third kappa shape index (κ3) is 3.38. The molecule has 6 nitrogen and oxygen atoms in total. The zero-order chi connectivity index (χ0) is 18.1. The smallest absolute Gasteiger partial charge is 0.226 e. The topological polar surface area (TPSA) is 66.7 Å². The Labute approximate surface area is 154 Å². The molecule has 1 saturated carbocycles. The lowest BCUT2D eigenvalue weighted by Gasteiger charge is -2.35. The van der Waals surface area contributed by atoms with Gasteiger partial charge in [0.1, 0.15) is 0 Å². The second kappa shape index (κ2) is 7.41. The summed E-state index contributed by atoms with van der Waals surface area (Å²) in [5.41, 5.74) is 0.859. The first kappa shape index (κ1) is 17.6. The molecule has 2 saturated heterocycles. The van der Waals surface area contributed by atoms with Crippen LogP contribution in [0, 0.1) is 18.8 Å². The quantitative estimate of drug-likeness (QED) is 0.832. The zero-order valence-corrected chi connectivity index (χ0v) is 15.7. The molecule has 0 radical (unpaired) electrons. The Morgan fingerprint density at radius 3 is 2.31 bits per heavy atom. The number of carbonyl (C=O) groups is 2. The van der Waals surface area contributed by atoms with E-state index in [9.17, 15) is 9.59 Å². The molecule has 1 unspecified atom stereocenters. The Morgan fingerprint density at radius 2 is 1.65 bits per heavy atom. The van der Waals surface area contributed by atoms with Gasteiger partial charge in [0.2, 0.25) is 11.8 Å². The largest absolute Gasteiger partial charge is 0.359 e. The van der Waals surface area contributed by atoms with Crippen molar-refractivity contribution in [1.82, 2.24) is 15.0 Å². The maximum Gasteiger partial charge on any atom is 0.226 e. The lowest BCUT2D eigenvalue weighted by Crippen LogP contribution is -2.45. The van der Waals surface area contributed by atoms with Crippen LogP contribution in [0.3, 0.4) is 0 Å². The van der Waals surface area contributed by atoms with Gasteiger partial charge < -0.3 is 14.3 Å². The summed E-state index contributed by atoms with van der Waals surface area (Å²) in [5, 5.41) is 3.98. The van der Waals surface area contributed by atoms with Gasteiger partial charge in [-0.3, -0.25) is 9.59 Å². The molecular formula is C20H29N3O3. The van der Waals surface area contributed by atoms with Crippen LogP contribution in [0.1, 0.15) is 68.9 Å². The average molecular weight is 359 g/mol. The molecule has 2 aliphatic heterocycles. The minimum absolute atomic E-state index is 0.0295. The van der Waals surface area contributed by atoms with Gasteiger partial charge in [-0.2, -0.15) is 0 Å². The summed E-state index contributed by atoms with van der Waals surface area (Å²) in [6.07, 6.45) is 7.99. The van der Waals surface area contributed by atoms with E-state index in [0.29, 0.717) is 5.91 Å². The predicted octanol–water partition coefficient (Wildman–Crippen LogP) is 3.08. The molecule has 0 N–H and O–H groups in total. The Kier molecular flexibility index (Phi) is 5.00. The Bertz CT molecular complexity index is 657. The van der Waals surface area contributed by atoms with Gasteiger partial charge in [-0.25, -0.2) is 0 Å². The molecule has 4 rings (SSSR count). The van der Waals surface area contributed by atoms with E-state index >= 15 is 0 Å². The number of aromatic nitrogens is 1. The van der Waals surface area contributed by atoms with Crippen molar-refractivity contribution in [2.45, 2.75) is 64.3 Å².